The summed E-state index contributed by atoms with van der Waals surface area (Å²) in [4.78, 5) is 15.7. The largest absolute Gasteiger partial charge is 0.329 e. The van der Waals surface area contributed by atoms with Crippen LogP contribution in [0.3, 0.4) is 0 Å². The lowest BCUT2D eigenvalue weighted by molar-refractivity contribution is 0.0674. The van der Waals surface area contributed by atoms with Crippen molar-refractivity contribution in [2.45, 2.75) is 36.7 Å². The molecule has 0 radical (unpaired) electrons. The molecule has 2 aromatic rings. The smallest absolute Gasteiger partial charge is 0.254 e. The van der Waals surface area contributed by atoms with Crippen molar-refractivity contribution in [1.82, 2.24) is 4.90 Å². The maximum absolute atomic E-state index is 13.0. The summed E-state index contributed by atoms with van der Waals surface area (Å²) >= 11 is 6.32. The molecule has 0 bridgehead atoms. The molecule has 0 heterocycles. The molecule has 1 aliphatic carbocycles. The third kappa shape index (κ3) is 3.55. The van der Waals surface area contributed by atoms with Crippen molar-refractivity contribution >= 4 is 28.3 Å². The Labute approximate surface area is 150 Å². The van der Waals surface area contributed by atoms with Crippen molar-refractivity contribution in [2.24, 2.45) is 0 Å². The molecule has 1 aliphatic rings. The highest BCUT2D eigenvalue weighted by Gasteiger charge is 2.37. The molecular weight excluding hydrogens is 342 g/mol. The van der Waals surface area contributed by atoms with Gasteiger partial charge in [-0.25, -0.2) is 0 Å². The van der Waals surface area contributed by atoms with Crippen LogP contribution < -0.4 is 0 Å². The topological polar surface area (TPSA) is 37.4 Å². The lowest BCUT2D eigenvalue weighted by atomic mass is 10.0. The first-order valence-electron chi connectivity index (χ1n) is 7.99. The monoisotopic (exact) mass is 361 g/mol. The Kier molecular flexibility index (Phi) is 5.07. The molecular formula is C19H20ClNO2S. The predicted molar refractivity (Wildman–Crippen MR) is 97.8 cm³/mol. The van der Waals surface area contributed by atoms with Gasteiger partial charge in [-0.15, -0.1) is 0 Å². The second-order valence-electron chi connectivity index (χ2n) is 6.12. The van der Waals surface area contributed by atoms with E-state index in [-0.39, 0.29) is 18.0 Å². The number of rotatable bonds is 5. The molecule has 5 heteroatoms. The van der Waals surface area contributed by atoms with Gasteiger partial charge in [-0.3, -0.25) is 9.00 Å². The number of benzene rings is 2. The number of hydrogen-bond donors (Lipinski definition) is 0. The molecule has 0 N–H and O–H groups in total. The zero-order valence-corrected chi connectivity index (χ0v) is 15.3. The van der Waals surface area contributed by atoms with Gasteiger partial charge in [-0.2, -0.15) is 0 Å². The molecule has 0 unspecified atom stereocenters. The standard InChI is InChI=1S/C19H20ClNO2S/c1-13(17-5-3-4-6-18(17)20)21(15-9-10-15)19(22)14-7-11-16(12-8-14)24(2)23/h3-8,11-13,15H,9-10H2,1-2H3/t13-,24-/m1/s1. The van der Waals surface area contributed by atoms with Crippen molar-refractivity contribution in [3.8, 4) is 0 Å². The lowest BCUT2D eigenvalue weighted by Gasteiger charge is -2.30. The molecule has 0 aromatic heterocycles. The van der Waals surface area contributed by atoms with E-state index in [1.54, 1.807) is 30.5 Å². The first-order valence-corrected chi connectivity index (χ1v) is 9.93. The first kappa shape index (κ1) is 17.2. The van der Waals surface area contributed by atoms with E-state index in [1.165, 1.54) is 0 Å². The van der Waals surface area contributed by atoms with Crippen molar-refractivity contribution < 1.29 is 9.00 Å². The van der Waals surface area contributed by atoms with Gasteiger partial charge in [0.05, 0.1) is 6.04 Å². The molecule has 2 aromatic carbocycles. The van der Waals surface area contributed by atoms with Gasteiger partial charge in [0.1, 0.15) is 0 Å². The Hall–Kier alpha value is -1.65. The Balaban J connectivity index is 1.89. The Morgan fingerprint density at radius 3 is 2.33 bits per heavy atom. The minimum Gasteiger partial charge on any atom is -0.329 e. The van der Waals surface area contributed by atoms with Crippen LogP contribution in [-0.2, 0) is 10.8 Å². The second kappa shape index (κ2) is 7.08. The highest BCUT2D eigenvalue weighted by Crippen LogP contribution is 2.37. The van der Waals surface area contributed by atoms with Crippen LogP contribution >= 0.6 is 11.6 Å². The molecule has 1 saturated carbocycles. The van der Waals surface area contributed by atoms with Crippen LogP contribution in [0.25, 0.3) is 0 Å². The Morgan fingerprint density at radius 2 is 1.79 bits per heavy atom. The minimum atomic E-state index is -1.04. The van der Waals surface area contributed by atoms with E-state index in [0.29, 0.717) is 10.6 Å². The summed E-state index contributed by atoms with van der Waals surface area (Å²) in [7, 11) is -1.04. The van der Waals surface area contributed by atoms with Gasteiger partial charge in [-0.1, -0.05) is 29.8 Å². The molecule has 1 fully saturated rings. The quantitative estimate of drug-likeness (QED) is 0.789. The van der Waals surface area contributed by atoms with Crippen molar-refractivity contribution in [3.05, 3.63) is 64.7 Å². The van der Waals surface area contributed by atoms with Crippen molar-refractivity contribution in [3.63, 3.8) is 0 Å². The van der Waals surface area contributed by atoms with Crippen LogP contribution in [0.5, 0.6) is 0 Å². The summed E-state index contributed by atoms with van der Waals surface area (Å²) in [5.41, 5.74) is 1.58. The molecule has 24 heavy (non-hydrogen) atoms. The molecule has 2 atom stereocenters. The van der Waals surface area contributed by atoms with E-state index >= 15 is 0 Å². The number of nitrogens with zero attached hydrogens (tertiary/aromatic N) is 1. The molecule has 3 rings (SSSR count). The maximum Gasteiger partial charge on any atom is 0.254 e. The zero-order valence-electron chi connectivity index (χ0n) is 13.7. The normalized spacial score (nSPS) is 16.5. The van der Waals surface area contributed by atoms with Gasteiger partial charge in [0.15, 0.2) is 0 Å². The molecule has 0 saturated heterocycles. The fraction of sp³-hybridized carbons (Fsp3) is 0.316. The van der Waals surface area contributed by atoms with Crippen LogP contribution in [-0.4, -0.2) is 27.3 Å². The van der Waals surface area contributed by atoms with Crippen LogP contribution in [0.1, 0.15) is 41.7 Å². The Morgan fingerprint density at radius 1 is 1.17 bits per heavy atom. The average molecular weight is 362 g/mol. The fourth-order valence-corrected chi connectivity index (χ4v) is 3.73. The lowest BCUT2D eigenvalue weighted by Crippen LogP contribution is -2.35. The highest BCUT2D eigenvalue weighted by molar-refractivity contribution is 7.84. The molecule has 0 spiro atoms. The first-order chi connectivity index (χ1) is 11.5. The summed E-state index contributed by atoms with van der Waals surface area (Å²) < 4.78 is 11.5. The Bertz CT molecular complexity index is 771. The number of amides is 1. The number of halogens is 1. The highest BCUT2D eigenvalue weighted by atomic mass is 35.5. The van der Waals surface area contributed by atoms with E-state index < -0.39 is 10.8 Å². The number of carbonyl (C=O) groups excluding carboxylic acids is 1. The van der Waals surface area contributed by atoms with Crippen molar-refractivity contribution in [1.29, 1.82) is 0 Å². The predicted octanol–water partition coefficient (Wildman–Crippen LogP) is 4.44. The second-order valence-corrected chi connectivity index (χ2v) is 7.91. The summed E-state index contributed by atoms with van der Waals surface area (Å²) in [5, 5.41) is 0.681. The van der Waals surface area contributed by atoms with Gasteiger partial charge >= 0.3 is 0 Å². The van der Waals surface area contributed by atoms with E-state index in [9.17, 15) is 9.00 Å². The number of carbonyl (C=O) groups is 1. The van der Waals surface area contributed by atoms with Gasteiger partial charge in [0.25, 0.3) is 5.91 Å². The third-order valence-electron chi connectivity index (χ3n) is 4.38. The van der Waals surface area contributed by atoms with E-state index in [0.717, 1.165) is 23.3 Å². The minimum absolute atomic E-state index is 0.00152. The van der Waals surface area contributed by atoms with Crippen LogP contribution in [0.4, 0.5) is 0 Å². The average Bonchev–Trinajstić information content (AvgIpc) is 3.40. The van der Waals surface area contributed by atoms with Gasteiger partial charge in [0.2, 0.25) is 0 Å². The summed E-state index contributed by atoms with van der Waals surface area (Å²) in [5.74, 6) is -0.00152. The molecule has 126 valence electrons. The van der Waals surface area contributed by atoms with Gasteiger partial charge < -0.3 is 4.90 Å². The summed E-state index contributed by atoms with van der Waals surface area (Å²) in [6.07, 6.45) is 3.68. The maximum atomic E-state index is 13.0. The van der Waals surface area contributed by atoms with Gasteiger partial charge in [0, 0.05) is 38.6 Å². The summed E-state index contributed by atoms with van der Waals surface area (Å²) in [6, 6.07) is 14.9. The molecule has 3 nitrogen and oxygen atoms in total. The van der Waals surface area contributed by atoms with E-state index in [4.69, 9.17) is 11.6 Å². The fourth-order valence-electron chi connectivity index (χ4n) is 2.91. The van der Waals surface area contributed by atoms with Gasteiger partial charge in [-0.05, 0) is 55.7 Å². The van der Waals surface area contributed by atoms with Crippen LogP contribution in [0.2, 0.25) is 5.02 Å². The number of hydrogen-bond acceptors (Lipinski definition) is 2. The summed E-state index contributed by atoms with van der Waals surface area (Å²) in [6.45, 7) is 2.02. The van der Waals surface area contributed by atoms with E-state index in [2.05, 4.69) is 0 Å². The zero-order chi connectivity index (χ0) is 17.3. The van der Waals surface area contributed by atoms with E-state index in [1.807, 2.05) is 36.1 Å². The molecule has 1 amide bonds. The van der Waals surface area contributed by atoms with Crippen LogP contribution in [0.15, 0.2) is 53.4 Å². The third-order valence-corrected chi connectivity index (χ3v) is 5.66. The van der Waals surface area contributed by atoms with Crippen molar-refractivity contribution in [2.75, 3.05) is 6.26 Å². The molecule has 0 aliphatic heterocycles. The van der Waals surface area contributed by atoms with Crippen LogP contribution in [0, 0.1) is 0 Å². The SMILES string of the molecule is C[C@H](c1ccccc1Cl)N(C(=O)c1ccc([S@@](C)=O)cc1)C1CC1.